The maximum Gasteiger partial charge on any atom is 0.307 e. The predicted octanol–water partition coefficient (Wildman–Crippen LogP) is 6.27. The van der Waals surface area contributed by atoms with Crippen LogP contribution in [0, 0.1) is 45.5 Å². The van der Waals surface area contributed by atoms with Crippen LogP contribution in [0.4, 0.5) is 13.2 Å². The zero-order chi connectivity index (χ0) is 33.1. The molecule has 0 radical (unpaired) electrons. The second-order valence-corrected chi connectivity index (χ2v) is 12.4. The molecule has 2 fully saturated rings. The van der Waals surface area contributed by atoms with Crippen molar-refractivity contribution in [2.75, 3.05) is 13.1 Å². The van der Waals surface area contributed by atoms with Crippen molar-refractivity contribution in [2.24, 2.45) is 5.41 Å². The molecule has 12 heteroatoms. The fraction of sp³-hybridized carbons (Fsp3) is 0.371. The lowest BCUT2D eigenvalue weighted by Crippen LogP contribution is -2.38. The number of likely N-dealkylation sites (tertiary alicyclic amines) is 1. The van der Waals surface area contributed by atoms with Crippen LogP contribution in [0.5, 0.6) is 11.5 Å². The summed E-state index contributed by atoms with van der Waals surface area (Å²) in [5.41, 5.74) is 1.26. The number of hydrogen-bond acceptors (Lipinski definition) is 7. The Labute approximate surface area is 269 Å². The highest BCUT2D eigenvalue weighted by Crippen LogP contribution is 2.50. The fourth-order valence-electron chi connectivity index (χ4n) is 6.08. The number of benzene rings is 3. The average molecular weight is 644 g/mol. The molecule has 9 nitrogen and oxygen atoms in total. The van der Waals surface area contributed by atoms with Gasteiger partial charge in [0.05, 0.1) is 36.2 Å². The topological polar surface area (TPSA) is 124 Å². The van der Waals surface area contributed by atoms with Crippen LogP contribution in [-0.4, -0.2) is 44.7 Å². The largest absolute Gasteiger partial charge is 0.490 e. The van der Waals surface area contributed by atoms with Crippen LogP contribution < -0.4 is 9.47 Å². The number of aromatic nitrogens is 2. The van der Waals surface area contributed by atoms with E-state index in [1.807, 2.05) is 10.6 Å². The summed E-state index contributed by atoms with van der Waals surface area (Å²) in [5.74, 6) is -1.80. The van der Waals surface area contributed by atoms with Gasteiger partial charge in [-0.05, 0) is 79.8 Å². The Kier molecular flexibility index (Phi) is 9.06. The number of nitriles is 2. The van der Waals surface area contributed by atoms with Gasteiger partial charge in [-0.3, -0.25) is 9.69 Å². The molecule has 1 N–H and O–H groups in total. The van der Waals surface area contributed by atoms with Gasteiger partial charge in [0.1, 0.15) is 35.6 Å². The van der Waals surface area contributed by atoms with Gasteiger partial charge in [0.15, 0.2) is 17.4 Å². The number of ether oxygens (including phenoxy) is 2. The number of imidazole rings is 1. The molecule has 1 aliphatic carbocycles. The van der Waals surface area contributed by atoms with Crippen molar-refractivity contribution in [3.8, 4) is 23.6 Å². The van der Waals surface area contributed by atoms with E-state index in [1.54, 1.807) is 6.07 Å². The number of rotatable bonds is 12. The molecular formula is C35H32F3N5O4. The molecule has 3 aromatic carbocycles. The molecule has 0 amide bonds. The Morgan fingerprint density at radius 3 is 2.49 bits per heavy atom. The van der Waals surface area contributed by atoms with Crippen molar-refractivity contribution >= 4 is 17.0 Å². The standard InChI is InChI=1S/C35H32F3N5O4/c36-27-3-2-26(17-24(27)20-46-31-4-1-22(18-40)13-28(31)37)47-25-5-11-42(12-6-25)19-32-41-34-29(38)14-23(16-33(44)45)15-30(34)43(32)21-35(7-8-35)9-10-39/h1-4,13-15,17,25H,5-9,11-12,16,19-21H2,(H,44,45). The molecule has 2 heterocycles. The number of piperidine rings is 1. The molecular weight excluding hydrogens is 611 g/mol. The Morgan fingerprint density at radius 2 is 1.81 bits per heavy atom. The molecule has 0 atom stereocenters. The molecule has 4 aromatic rings. The highest BCUT2D eigenvalue weighted by Gasteiger charge is 2.43. The van der Waals surface area contributed by atoms with Gasteiger partial charge in [0.25, 0.3) is 0 Å². The molecule has 0 unspecified atom stereocenters. The first kappa shape index (κ1) is 31.9. The van der Waals surface area contributed by atoms with Gasteiger partial charge in [-0.2, -0.15) is 10.5 Å². The van der Waals surface area contributed by atoms with Crippen molar-refractivity contribution in [2.45, 2.75) is 64.3 Å². The molecule has 0 spiro atoms. The van der Waals surface area contributed by atoms with Crippen molar-refractivity contribution in [1.82, 2.24) is 14.5 Å². The van der Waals surface area contributed by atoms with E-state index in [4.69, 9.17) is 14.7 Å². The van der Waals surface area contributed by atoms with Crippen molar-refractivity contribution in [3.05, 3.63) is 88.5 Å². The monoisotopic (exact) mass is 643 g/mol. The number of hydrogen-bond donors (Lipinski definition) is 1. The van der Waals surface area contributed by atoms with Gasteiger partial charge in [-0.15, -0.1) is 0 Å². The minimum atomic E-state index is -1.05. The van der Waals surface area contributed by atoms with Crippen LogP contribution >= 0.6 is 0 Å². The van der Waals surface area contributed by atoms with E-state index in [1.165, 1.54) is 36.4 Å². The van der Waals surface area contributed by atoms with Crippen LogP contribution in [0.15, 0.2) is 48.5 Å². The third kappa shape index (κ3) is 7.34. The van der Waals surface area contributed by atoms with E-state index in [0.29, 0.717) is 68.1 Å². The summed E-state index contributed by atoms with van der Waals surface area (Å²) in [6.07, 6.45) is 3.08. The van der Waals surface area contributed by atoms with Gasteiger partial charge < -0.3 is 19.1 Å². The Bertz CT molecular complexity index is 1900. The Morgan fingerprint density at radius 1 is 1.02 bits per heavy atom. The summed E-state index contributed by atoms with van der Waals surface area (Å²) in [4.78, 5) is 18.2. The summed E-state index contributed by atoms with van der Waals surface area (Å²) in [5, 5.41) is 27.6. The lowest BCUT2D eigenvalue weighted by Gasteiger charge is -2.32. The second-order valence-electron chi connectivity index (χ2n) is 12.4. The van der Waals surface area contributed by atoms with Crippen LogP contribution in [-0.2, 0) is 30.9 Å². The third-order valence-electron chi connectivity index (χ3n) is 8.87. The number of halogens is 3. The Hall–Kier alpha value is -5.07. The van der Waals surface area contributed by atoms with E-state index in [-0.39, 0.29) is 46.9 Å². The van der Waals surface area contributed by atoms with E-state index < -0.39 is 23.4 Å². The maximum absolute atomic E-state index is 15.1. The molecule has 2 aliphatic rings. The van der Waals surface area contributed by atoms with Crippen LogP contribution in [0.3, 0.4) is 0 Å². The molecule has 6 rings (SSSR count). The second kappa shape index (κ2) is 13.3. The van der Waals surface area contributed by atoms with Gasteiger partial charge in [0, 0.05) is 37.0 Å². The molecule has 0 bridgehead atoms. The first-order valence-electron chi connectivity index (χ1n) is 15.4. The van der Waals surface area contributed by atoms with Gasteiger partial charge in [-0.1, -0.05) is 0 Å². The summed E-state index contributed by atoms with van der Waals surface area (Å²) in [6.45, 7) is 2.07. The van der Waals surface area contributed by atoms with E-state index in [2.05, 4.69) is 16.0 Å². The van der Waals surface area contributed by atoms with Crippen molar-refractivity contribution in [1.29, 1.82) is 10.5 Å². The zero-order valence-corrected chi connectivity index (χ0v) is 25.5. The molecule has 47 heavy (non-hydrogen) atoms. The summed E-state index contributed by atoms with van der Waals surface area (Å²) in [6, 6.07) is 15.2. The molecule has 242 valence electrons. The number of carbonyl (C=O) groups is 1. The van der Waals surface area contributed by atoms with E-state index in [9.17, 15) is 23.9 Å². The SMILES string of the molecule is N#CCC1(Cn2c(CN3CCC(Oc4ccc(F)c(COc5ccc(C#N)cc5F)c4)CC3)nc3c(F)cc(CC(=O)O)cc32)CC1. The number of carboxylic acid groups (broad SMARTS) is 1. The number of nitrogens with zero attached hydrogens (tertiary/aromatic N) is 5. The summed E-state index contributed by atoms with van der Waals surface area (Å²) < 4.78 is 57.5. The molecule has 1 aromatic heterocycles. The number of fused-ring (bicyclic) bond motifs is 1. The number of aliphatic carboxylic acids is 1. The van der Waals surface area contributed by atoms with Crippen LogP contribution in [0.1, 0.15) is 54.6 Å². The molecule has 1 saturated carbocycles. The highest BCUT2D eigenvalue weighted by atomic mass is 19.1. The predicted molar refractivity (Wildman–Crippen MR) is 164 cm³/mol. The van der Waals surface area contributed by atoms with Crippen molar-refractivity contribution < 1.29 is 32.5 Å². The van der Waals surface area contributed by atoms with E-state index >= 15 is 4.39 Å². The van der Waals surface area contributed by atoms with Crippen molar-refractivity contribution in [3.63, 3.8) is 0 Å². The summed E-state index contributed by atoms with van der Waals surface area (Å²) >= 11 is 0. The fourth-order valence-corrected chi connectivity index (χ4v) is 6.08. The summed E-state index contributed by atoms with van der Waals surface area (Å²) in [7, 11) is 0. The molecule has 1 aliphatic heterocycles. The van der Waals surface area contributed by atoms with Gasteiger partial charge in [-0.25, -0.2) is 18.2 Å². The zero-order valence-electron chi connectivity index (χ0n) is 25.5. The first-order valence-corrected chi connectivity index (χ1v) is 15.4. The third-order valence-corrected chi connectivity index (χ3v) is 8.87. The smallest absolute Gasteiger partial charge is 0.307 e. The number of carboxylic acids is 1. The van der Waals surface area contributed by atoms with Crippen LogP contribution in [0.25, 0.3) is 11.0 Å². The quantitative estimate of drug-likeness (QED) is 0.192. The first-order chi connectivity index (χ1) is 22.6. The minimum Gasteiger partial charge on any atom is -0.490 e. The van der Waals surface area contributed by atoms with E-state index in [0.717, 1.165) is 18.9 Å². The van der Waals surface area contributed by atoms with Gasteiger partial charge in [0.2, 0.25) is 0 Å². The normalized spacial score (nSPS) is 16.0. The lowest BCUT2D eigenvalue weighted by molar-refractivity contribution is -0.136. The average Bonchev–Trinajstić information content (AvgIpc) is 3.72. The minimum absolute atomic E-state index is 0.0866. The van der Waals surface area contributed by atoms with Gasteiger partial charge >= 0.3 is 5.97 Å². The Balaban J connectivity index is 1.11. The lowest BCUT2D eigenvalue weighted by atomic mass is 10.0. The van der Waals surface area contributed by atoms with Crippen LogP contribution in [0.2, 0.25) is 0 Å². The highest BCUT2D eigenvalue weighted by molar-refractivity contribution is 5.80. The molecule has 1 saturated heterocycles. The maximum atomic E-state index is 15.1.